The van der Waals surface area contributed by atoms with Gasteiger partial charge in [-0.25, -0.2) is 0 Å². The number of aryl methyl sites for hydroxylation is 1. The minimum absolute atomic E-state index is 0.181. The quantitative estimate of drug-likeness (QED) is 0.908. The molecule has 0 bridgehead atoms. The van der Waals surface area contributed by atoms with Crippen molar-refractivity contribution < 1.29 is 4.74 Å². The molecule has 0 saturated heterocycles. The highest BCUT2D eigenvalue weighted by Gasteiger charge is 2.06. The van der Waals surface area contributed by atoms with Gasteiger partial charge in [0.15, 0.2) is 0 Å². The van der Waals surface area contributed by atoms with Gasteiger partial charge in [-0.15, -0.1) is 0 Å². The zero-order valence-electron chi connectivity index (χ0n) is 12.5. The van der Waals surface area contributed by atoms with Crippen molar-refractivity contribution in [2.75, 3.05) is 7.05 Å². The van der Waals surface area contributed by atoms with Crippen LogP contribution < -0.4 is 10.1 Å². The standard InChI is InChI=1S/C16H21N3O/c1-11(2)20-16-8-5-13(9-12(16)3)15-7-6-14(10-17-4)18-19-15/h5-9,11,17H,10H2,1-4H3. The molecule has 0 fully saturated rings. The maximum atomic E-state index is 5.74. The molecule has 20 heavy (non-hydrogen) atoms. The summed E-state index contributed by atoms with van der Waals surface area (Å²) < 4.78 is 5.74. The van der Waals surface area contributed by atoms with Crippen LogP contribution in [0.25, 0.3) is 11.3 Å². The van der Waals surface area contributed by atoms with Crippen molar-refractivity contribution in [2.45, 2.75) is 33.4 Å². The zero-order chi connectivity index (χ0) is 14.5. The van der Waals surface area contributed by atoms with Crippen LogP contribution in [-0.4, -0.2) is 23.3 Å². The van der Waals surface area contributed by atoms with E-state index in [0.29, 0.717) is 0 Å². The minimum Gasteiger partial charge on any atom is -0.491 e. The van der Waals surface area contributed by atoms with Crippen molar-refractivity contribution in [3.05, 3.63) is 41.6 Å². The zero-order valence-corrected chi connectivity index (χ0v) is 12.5. The molecule has 0 aliphatic heterocycles. The first kappa shape index (κ1) is 14.5. The third-order valence-electron chi connectivity index (χ3n) is 2.91. The van der Waals surface area contributed by atoms with E-state index in [0.717, 1.165) is 34.8 Å². The molecule has 0 aliphatic rings. The maximum absolute atomic E-state index is 5.74. The Labute approximate surface area is 120 Å². The molecule has 1 aromatic carbocycles. The summed E-state index contributed by atoms with van der Waals surface area (Å²) in [4.78, 5) is 0. The summed E-state index contributed by atoms with van der Waals surface area (Å²) in [6.07, 6.45) is 0.181. The topological polar surface area (TPSA) is 47.0 Å². The normalized spacial score (nSPS) is 10.8. The highest BCUT2D eigenvalue weighted by Crippen LogP contribution is 2.25. The number of hydrogen-bond donors (Lipinski definition) is 1. The van der Waals surface area contributed by atoms with Crippen LogP contribution in [0.15, 0.2) is 30.3 Å². The molecule has 0 atom stereocenters. The van der Waals surface area contributed by atoms with Crippen LogP contribution in [0.3, 0.4) is 0 Å². The van der Waals surface area contributed by atoms with Gasteiger partial charge in [0, 0.05) is 12.1 Å². The van der Waals surface area contributed by atoms with Gasteiger partial charge in [0.25, 0.3) is 0 Å². The fraction of sp³-hybridized carbons (Fsp3) is 0.375. The van der Waals surface area contributed by atoms with E-state index in [1.54, 1.807) is 0 Å². The predicted octanol–water partition coefficient (Wildman–Crippen LogP) is 2.96. The molecule has 0 radical (unpaired) electrons. The van der Waals surface area contributed by atoms with E-state index in [1.807, 2.05) is 52.1 Å². The van der Waals surface area contributed by atoms with Gasteiger partial charge >= 0.3 is 0 Å². The Morgan fingerprint density at radius 3 is 2.50 bits per heavy atom. The second kappa shape index (κ2) is 6.48. The van der Waals surface area contributed by atoms with E-state index in [-0.39, 0.29) is 6.10 Å². The van der Waals surface area contributed by atoms with Crippen LogP contribution in [0.2, 0.25) is 0 Å². The number of ether oxygens (including phenoxy) is 1. The minimum atomic E-state index is 0.181. The molecule has 1 heterocycles. The molecule has 1 N–H and O–H groups in total. The van der Waals surface area contributed by atoms with Crippen LogP contribution in [0.5, 0.6) is 5.75 Å². The summed E-state index contributed by atoms with van der Waals surface area (Å²) in [5.41, 5.74) is 3.98. The number of aromatic nitrogens is 2. The summed E-state index contributed by atoms with van der Waals surface area (Å²) in [6, 6.07) is 10.1. The Bertz CT molecular complexity index is 564. The second-order valence-corrected chi connectivity index (χ2v) is 5.09. The van der Waals surface area contributed by atoms with Gasteiger partial charge in [-0.2, -0.15) is 10.2 Å². The molecular weight excluding hydrogens is 250 g/mol. The van der Waals surface area contributed by atoms with E-state index in [9.17, 15) is 0 Å². The Kier molecular flexibility index (Phi) is 4.69. The van der Waals surface area contributed by atoms with Crippen LogP contribution >= 0.6 is 0 Å². The molecule has 2 aromatic rings. The van der Waals surface area contributed by atoms with Crippen LogP contribution in [0.4, 0.5) is 0 Å². The lowest BCUT2D eigenvalue weighted by atomic mass is 10.1. The largest absolute Gasteiger partial charge is 0.491 e. The Morgan fingerprint density at radius 2 is 1.95 bits per heavy atom. The van der Waals surface area contributed by atoms with Gasteiger partial charge in [0.05, 0.1) is 17.5 Å². The molecule has 106 valence electrons. The fourth-order valence-corrected chi connectivity index (χ4v) is 1.98. The molecular formula is C16H21N3O. The highest BCUT2D eigenvalue weighted by atomic mass is 16.5. The molecule has 0 aliphatic carbocycles. The summed E-state index contributed by atoms with van der Waals surface area (Å²) >= 11 is 0. The lowest BCUT2D eigenvalue weighted by molar-refractivity contribution is 0.241. The van der Waals surface area contributed by atoms with Gasteiger partial charge in [-0.05, 0) is 63.7 Å². The van der Waals surface area contributed by atoms with E-state index >= 15 is 0 Å². The third-order valence-corrected chi connectivity index (χ3v) is 2.91. The van der Waals surface area contributed by atoms with Crippen molar-refractivity contribution in [1.82, 2.24) is 15.5 Å². The molecule has 4 nitrogen and oxygen atoms in total. The van der Waals surface area contributed by atoms with Gasteiger partial charge in [0.1, 0.15) is 5.75 Å². The van der Waals surface area contributed by atoms with E-state index in [2.05, 4.69) is 21.6 Å². The fourth-order valence-electron chi connectivity index (χ4n) is 1.98. The monoisotopic (exact) mass is 271 g/mol. The van der Waals surface area contributed by atoms with Crippen molar-refractivity contribution in [3.8, 4) is 17.0 Å². The van der Waals surface area contributed by atoms with Gasteiger partial charge in [-0.3, -0.25) is 0 Å². The van der Waals surface area contributed by atoms with Gasteiger partial charge in [-0.1, -0.05) is 0 Å². The van der Waals surface area contributed by atoms with E-state index < -0.39 is 0 Å². The molecule has 2 rings (SSSR count). The molecule has 1 aromatic heterocycles. The molecule has 0 saturated carbocycles. The number of benzene rings is 1. The first-order valence-corrected chi connectivity index (χ1v) is 6.85. The summed E-state index contributed by atoms with van der Waals surface area (Å²) in [7, 11) is 1.90. The number of rotatable bonds is 5. The highest BCUT2D eigenvalue weighted by molar-refractivity contribution is 5.61. The average Bonchev–Trinajstić information content (AvgIpc) is 2.42. The SMILES string of the molecule is CNCc1ccc(-c2ccc(OC(C)C)c(C)c2)nn1. The van der Waals surface area contributed by atoms with Gasteiger partial charge in [0.2, 0.25) is 0 Å². The Hall–Kier alpha value is -1.94. The smallest absolute Gasteiger partial charge is 0.122 e. The van der Waals surface area contributed by atoms with Crippen LogP contribution in [0.1, 0.15) is 25.1 Å². The average molecular weight is 271 g/mol. The summed E-state index contributed by atoms with van der Waals surface area (Å²) in [5, 5.41) is 11.5. The van der Waals surface area contributed by atoms with E-state index in [4.69, 9.17) is 4.74 Å². The number of hydrogen-bond acceptors (Lipinski definition) is 4. The maximum Gasteiger partial charge on any atom is 0.122 e. The van der Waals surface area contributed by atoms with Crippen LogP contribution in [-0.2, 0) is 6.54 Å². The second-order valence-electron chi connectivity index (χ2n) is 5.09. The Morgan fingerprint density at radius 1 is 1.15 bits per heavy atom. The van der Waals surface area contributed by atoms with Crippen molar-refractivity contribution >= 4 is 0 Å². The lowest BCUT2D eigenvalue weighted by Gasteiger charge is -2.13. The van der Waals surface area contributed by atoms with Crippen LogP contribution in [0, 0.1) is 6.92 Å². The molecule has 0 spiro atoms. The van der Waals surface area contributed by atoms with Gasteiger partial charge < -0.3 is 10.1 Å². The van der Waals surface area contributed by atoms with Crippen molar-refractivity contribution in [1.29, 1.82) is 0 Å². The number of nitrogens with zero attached hydrogens (tertiary/aromatic N) is 2. The summed E-state index contributed by atoms with van der Waals surface area (Å²) in [5.74, 6) is 0.920. The molecule has 0 unspecified atom stereocenters. The predicted molar refractivity (Wildman–Crippen MR) is 80.7 cm³/mol. The van der Waals surface area contributed by atoms with Crippen molar-refractivity contribution in [2.24, 2.45) is 0 Å². The summed E-state index contributed by atoms with van der Waals surface area (Å²) in [6.45, 7) is 6.83. The Balaban J connectivity index is 2.22. The first-order chi connectivity index (χ1) is 9.60. The number of nitrogens with one attached hydrogen (secondary N) is 1. The van der Waals surface area contributed by atoms with E-state index in [1.165, 1.54) is 0 Å². The molecule has 4 heteroatoms. The first-order valence-electron chi connectivity index (χ1n) is 6.85. The molecule has 0 amide bonds. The lowest BCUT2D eigenvalue weighted by Crippen LogP contribution is -2.08. The van der Waals surface area contributed by atoms with Crippen molar-refractivity contribution in [3.63, 3.8) is 0 Å². The third kappa shape index (κ3) is 3.54.